The van der Waals surface area contributed by atoms with Crippen LogP contribution in [0.25, 0.3) is 0 Å². The van der Waals surface area contributed by atoms with Crippen LogP contribution < -0.4 is 5.32 Å². The van der Waals surface area contributed by atoms with Gasteiger partial charge in [-0.25, -0.2) is 0 Å². The van der Waals surface area contributed by atoms with Gasteiger partial charge in [0.25, 0.3) is 0 Å². The van der Waals surface area contributed by atoms with Gasteiger partial charge in [0.1, 0.15) is 48.8 Å². The van der Waals surface area contributed by atoms with Gasteiger partial charge in [-0.1, -0.05) is 211 Å². The Hall–Kier alpha value is -4.13. The molecule has 14 heteroatoms. The monoisotopic (exact) mass is 1160 g/mol. The van der Waals surface area contributed by atoms with Crippen LogP contribution in [0.15, 0.2) is 146 Å². The van der Waals surface area contributed by atoms with E-state index in [4.69, 9.17) is 18.9 Å². The normalized spacial score (nSPS) is 24.8. The quantitative estimate of drug-likeness (QED) is 0.0204. The van der Waals surface area contributed by atoms with Gasteiger partial charge < -0.3 is 65.1 Å². The highest BCUT2D eigenvalue weighted by Crippen LogP contribution is 2.30. The summed E-state index contributed by atoms with van der Waals surface area (Å²) in [5.41, 5.74) is 0. The number of hydrogen-bond acceptors (Lipinski definition) is 13. The highest BCUT2D eigenvalue weighted by atomic mass is 16.7. The van der Waals surface area contributed by atoms with E-state index in [9.17, 15) is 45.6 Å². The molecule has 2 aliphatic heterocycles. The van der Waals surface area contributed by atoms with Crippen molar-refractivity contribution in [2.75, 3.05) is 19.8 Å². The average molecular weight is 1160 g/mol. The first-order chi connectivity index (χ1) is 40.6. The lowest BCUT2D eigenvalue weighted by Crippen LogP contribution is -2.65. The van der Waals surface area contributed by atoms with E-state index < -0.39 is 86.8 Å². The van der Waals surface area contributed by atoms with Crippen molar-refractivity contribution in [3.8, 4) is 0 Å². The second kappa shape index (κ2) is 52.2. The van der Waals surface area contributed by atoms with Crippen molar-refractivity contribution in [1.82, 2.24) is 5.32 Å². The minimum Gasteiger partial charge on any atom is -0.394 e. The predicted octanol–water partition coefficient (Wildman–Crippen LogP) is 11.7. The molecule has 0 saturated carbocycles. The summed E-state index contributed by atoms with van der Waals surface area (Å²) in [5.74, 6) is -0.273. The lowest BCUT2D eigenvalue weighted by atomic mass is 9.97. The number of hydrogen-bond donors (Lipinski definition) is 9. The fraction of sp³-hybridized carbons (Fsp3) is 0.638. The molecule has 2 saturated heterocycles. The smallest absolute Gasteiger partial charge is 0.220 e. The molecule has 2 rings (SSSR count). The summed E-state index contributed by atoms with van der Waals surface area (Å²) in [4.78, 5) is 13.3. The van der Waals surface area contributed by atoms with Gasteiger partial charge in [0.05, 0.1) is 32.0 Å². The van der Waals surface area contributed by atoms with Crippen LogP contribution in [-0.2, 0) is 23.7 Å². The minimum absolute atomic E-state index is 0.246. The van der Waals surface area contributed by atoms with E-state index in [0.717, 1.165) is 128 Å². The number of carbonyl (C=O) groups is 1. The Morgan fingerprint density at radius 3 is 1.33 bits per heavy atom. The van der Waals surface area contributed by atoms with Crippen LogP contribution in [-0.4, -0.2) is 140 Å². The van der Waals surface area contributed by atoms with Gasteiger partial charge in [0, 0.05) is 6.42 Å². The van der Waals surface area contributed by atoms with Crippen LogP contribution in [0.1, 0.15) is 187 Å². The summed E-state index contributed by atoms with van der Waals surface area (Å²) in [7, 11) is 0. The predicted molar refractivity (Wildman–Crippen MR) is 336 cm³/mol. The third-order valence-electron chi connectivity index (χ3n) is 14.2. The number of nitrogens with one attached hydrogen (secondary N) is 1. The van der Waals surface area contributed by atoms with Crippen molar-refractivity contribution >= 4 is 5.91 Å². The summed E-state index contributed by atoms with van der Waals surface area (Å²) in [6, 6.07) is -0.955. The highest BCUT2D eigenvalue weighted by Gasteiger charge is 2.51. The largest absolute Gasteiger partial charge is 0.394 e. The van der Waals surface area contributed by atoms with Gasteiger partial charge in [-0.2, -0.15) is 0 Å². The Morgan fingerprint density at radius 1 is 0.446 bits per heavy atom. The number of ether oxygens (including phenoxy) is 4. The number of amides is 1. The number of aliphatic hydroxyl groups excluding tert-OH is 8. The SMILES string of the molecule is CC/C=C\C/C=C\C/C=C\C/C=C\C/C=C\C/C=C\C/C=C\C/C=C\C/C=C\CCCCCCCCCC(=O)NC(COC1OC(CO)C(OC2OC(CO)C(O)C(O)C2O)C(O)C1O)C(O)/C=C/CC/C=C/CC/C=C/CCCCCC. The molecular weight excluding hydrogens is 1050 g/mol. The summed E-state index contributed by atoms with van der Waals surface area (Å²) >= 11 is 0. The Labute approximate surface area is 500 Å². The van der Waals surface area contributed by atoms with Crippen LogP contribution in [0.5, 0.6) is 0 Å². The van der Waals surface area contributed by atoms with Crippen LogP contribution in [0.3, 0.4) is 0 Å². The number of allylic oxidation sites excluding steroid dienone is 23. The molecule has 14 nitrogen and oxygen atoms in total. The fourth-order valence-corrected chi connectivity index (χ4v) is 9.20. The second-order valence-electron chi connectivity index (χ2n) is 21.4. The van der Waals surface area contributed by atoms with Crippen LogP contribution in [0, 0.1) is 0 Å². The average Bonchev–Trinajstić information content (AvgIpc) is 3.64. The first kappa shape index (κ1) is 75.0. The molecule has 2 fully saturated rings. The van der Waals surface area contributed by atoms with Crippen LogP contribution >= 0.6 is 0 Å². The van der Waals surface area contributed by atoms with Gasteiger partial charge in [-0.05, 0) is 116 Å². The molecule has 0 aromatic rings. The van der Waals surface area contributed by atoms with E-state index in [0.29, 0.717) is 12.8 Å². The molecule has 83 heavy (non-hydrogen) atoms. The van der Waals surface area contributed by atoms with Crippen molar-refractivity contribution in [2.24, 2.45) is 0 Å². The maximum absolute atomic E-state index is 13.3. The van der Waals surface area contributed by atoms with Gasteiger partial charge in [0.15, 0.2) is 12.6 Å². The van der Waals surface area contributed by atoms with Gasteiger partial charge in [-0.15, -0.1) is 0 Å². The van der Waals surface area contributed by atoms with Crippen molar-refractivity contribution in [1.29, 1.82) is 0 Å². The molecule has 2 heterocycles. The van der Waals surface area contributed by atoms with Crippen molar-refractivity contribution < 1.29 is 64.6 Å². The first-order valence-electron chi connectivity index (χ1n) is 31.6. The minimum atomic E-state index is -1.80. The Morgan fingerprint density at radius 2 is 0.843 bits per heavy atom. The maximum Gasteiger partial charge on any atom is 0.220 e. The zero-order valence-electron chi connectivity index (χ0n) is 50.6. The number of aliphatic hydroxyl groups is 8. The van der Waals surface area contributed by atoms with E-state index in [1.165, 1.54) is 25.7 Å². The van der Waals surface area contributed by atoms with E-state index in [2.05, 4.69) is 153 Å². The molecule has 0 radical (unpaired) electrons. The summed E-state index contributed by atoms with van der Waals surface area (Å²) in [6.07, 6.45) is 61.8. The molecule has 12 unspecified atom stereocenters. The first-order valence-corrected chi connectivity index (χ1v) is 31.6. The fourth-order valence-electron chi connectivity index (χ4n) is 9.20. The van der Waals surface area contributed by atoms with Crippen molar-refractivity contribution in [3.63, 3.8) is 0 Å². The lowest BCUT2D eigenvalue weighted by Gasteiger charge is -2.46. The standard InChI is InChI=1S/C69H111NO13/c1-3-5-7-9-11-13-15-17-19-20-21-22-23-24-25-26-27-28-29-30-31-32-33-34-35-36-37-38-39-41-43-45-47-49-51-53-61(74)70-57(58(73)52-50-48-46-44-42-40-18-16-14-12-10-8-6-4-2)56-80-68-66(79)64(77)67(60(55-72)82-68)83-69-65(78)63(76)62(75)59(54-71)81-69/h5,7,11,13-14,16-17,19,21-22,24-25,27-28,30-31,33-34,36-37,42,44,50,52,57-60,62-69,71-73,75-79H,3-4,6,8-10,12,15,18,20,23,26,29,32,35,38-41,43,45-49,51,53-56H2,1-2H3,(H,70,74)/b7-5-,13-11-,16-14+,19-17-,22-21-,25-24-,28-27-,31-30-,34-33-,37-36-,44-42+,52-50+. The third kappa shape index (κ3) is 37.1. The number of carbonyl (C=O) groups excluding carboxylic acids is 1. The lowest BCUT2D eigenvalue weighted by molar-refractivity contribution is -0.359. The van der Waals surface area contributed by atoms with E-state index in [-0.39, 0.29) is 18.9 Å². The van der Waals surface area contributed by atoms with E-state index >= 15 is 0 Å². The van der Waals surface area contributed by atoms with Gasteiger partial charge >= 0.3 is 0 Å². The highest BCUT2D eigenvalue weighted by molar-refractivity contribution is 5.76. The zero-order chi connectivity index (χ0) is 60.2. The molecule has 0 aromatic heterocycles. The second-order valence-corrected chi connectivity index (χ2v) is 21.4. The van der Waals surface area contributed by atoms with Crippen molar-refractivity contribution in [3.05, 3.63) is 146 Å². The molecule has 470 valence electrons. The molecule has 0 aromatic carbocycles. The maximum atomic E-state index is 13.3. The zero-order valence-corrected chi connectivity index (χ0v) is 50.6. The van der Waals surface area contributed by atoms with Crippen LogP contribution in [0.2, 0.25) is 0 Å². The van der Waals surface area contributed by atoms with Crippen LogP contribution in [0.4, 0.5) is 0 Å². The van der Waals surface area contributed by atoms with Gasteiger partial charge in [0.2, 0.25) is 5.91 Å². The molecule has 9 N–H and O–H groups in total. The molecule has 0 spiro atoms. The van der Waals surface area contributed by atoms with E-state index in [1.807, 2.05) is 6.08 Å². The molecule has 0 bridgehead atoms. The summed E-state index contributed by atoms with van der Waals surface area (Å²) in [6.45, 7) is 2.60. The third-order valence-corrected chi connectivity index (χ3v) is 14.2. The molecule has 1 amide bonds. The number of rotatable bonds is 48. The molecular formula is C69H111NO13. The Bertz CT molecular complexity index is 1950. The number of unbranched alkanes of at least 4 members (excludes halogenated alkanes) is 13. The molecule has 2 aliphatic rings. The Balaban J connectivity index is 1.70. The van der Waals surface area contributed by atoms with E-state index in [1.54, 1.807) is 6.08 Å². The topological polar surface area (TPSA) is 228 Å². The van der Waals surface area contributed by atoms with Gasteiger partial charge in [-0.3, -0.25) is 4.79 Å². The molecule has 12 atom stereocenters. The Kier molecular flexibility index (Phi) is 47.2. The summed E-state index contributed by atoms with van der Waals surface area (Å²) < 4.78 is 22.7. The van der Waals surface area contributed by atoms with Crippen molar-refractivity contribution in [2.45, 2.75) is 261 Å². The molecule has 0 aliphatic carbocycles. The summed E-state index contributed by atoms with van der Waals surface area (Å²) in [5, 5.41) is 87.0.